The van der Waals surface area contributed by atoms with Gasteiger partial charge in [-0.3, -0.25) is 9.48 Å². The summed E-state index contributed by atoms with van der Waals surface area (Å²) in [6, 6.07) is 7.05. The van der Waals surface area contributed by atoms with E-state index in [2.05, 4.69) is 15.3 Å². The lowest BCUT2D eigenvalue weighted by molar-refractivity contribution is 0.102. The first kappa shape index (κ1) is 18.0. The number of carbonyl (C=O) groups excluding carboxylic acids is 1. The molecule has 3 aromatic rings. The first-order valence-electron chi connectivity index (χ1n) is 7.81. The van der Waals surface area contributed by atoms with Crippen molar-refractivity contribution in [3.63, 3.8) is 0 Å². The van der Waals surface area contributed by atoms with Crippen LogP contribution in [-0.4, -0.2) is 50.3 Å². The van der Waals surface area contributed by atoms with Gasteiger partial charge < -0.3 is 14.0 Å². The van der Waals surface area contributed by atoms with E-state index < -0.39 is 0 Å². The molecular weight excluding hydrogens is 354 g/mol. The van der Waals surface area contributed by atoms with Crippen molar-refractivity contribution in [1.29, 1.82) is 0 Å². The number of benzene rings is 1. The van der Waals surface area contributed by atoms with Crippen molar-refractivity contribution in [3.05, 3.63) is 36.0 Å². The normalized spacial score (nSPS) is 10.8. The largest absolute Gasteiger partial charge is 0.497 e. The predicted octanol–water partition coefficient (Wildman–Crippen LogP) is 2.21. The summed E-state index contributed by atoms with van der Waals surface area (Å²) in [7, 11) is 6.81. The Morgan fingerprint density at radius 2 is 1.85 bits per heavy atom. The maximum Gasteiger partial charge on any atom is 0.243 e. The van der Waals surface area contributed by atoms with Crippen LogP contribution in [0.25, 0.3) is 11.4 Å². The third kappa shape index (κ3) is 3.57. The van der Waals surface area contributed by atoms with Crippen LogP contribution in [0.2, 0.25) is 0 Å². The molecule has 0 aliphatic rings. The summed E-state index contributed by atoms with van der Waals surface area (Å²) in [4.78, 5) is 12.4. The summed E-state index contributed by atoms with van der Waals surface area (Å²) in [5, 5.41) is 13.3. The number of Topliss-reactive ketones (excluding diaryl/α,β-unsaturated/α-hetero) is 1. The molecular formula is C17H19N5O3S. The highest BCUT2D eigenvalue weighted by atomic mass is 32.2. The maximum atomic E-state index is 12.4. The monoisotopic (exact) mass is 373 g/mol. The first-order valence-corrected chi connectivity index (χ1v) is 8.79. The van der Waals surface area contributed by atoms with Crippen molar-refractivity contribution in [1.82, 2.24) is 24.5 Å². The van der Waals surface area contributed by atoms with Crippen LogP contribution in [0.4, 0.5) is 0 Å². The highest BCUT2D eigenvalue weighted by Crippen LogP contribution is 2.29. The number of rotatable bonds is 7. The highest BCUT2D eigenvalue weighted by Gasteiger charge is 2.19. The van der Waals surface area contributed by atoms with Crippen LogP contribution in [-0.2, 0) is 14.1 Å². The molecule has 1 aromatic carbocycles. The zero-order valence-corrected chi connectivity index (χ0v) is 15.8. The second-order valence-electron chi connectivity index (χ2n) is 5.53. The van der Waals surface area contributed by atoms with Crippen LogP contribution in [0.3, 0.4) is 0 Å². The summed E-state index contributed by atoms with van der Waals surface area (Å²) in [6.07, 6.45) is 1.82. The van der Waals surface area contributed by atoms with Gasteiger partial charge in [0.25, 0.3) is 0 Å². The molecule has 136 valence electrons. The molecule has 0 fully saturated rings. The van der Waals surface area contributed by atoms with Crippen LogP contribution in [0.15, 0.2) is 35.6 Å². The van der Waals surface area contributed by atoms with Crippen molar-refractivity contribution >= 4 is 17.5 Å². The summed E-state index contributed by atoms with van der Waals surface area (Å²) >= 11 is 1.34. The van der Waals surface area contributed by atoms with Gasteiger partial charge in [0.05, 0.1) is 20.0 Å². The third-order valence-corrected chi connectivity index (χ3v) is 4.83. The lowest BCUT2D eigenvalue weighted by Gasteiger charge is -2.04. The molecule has 0 unspecified atom stereocenters. The molecule has 0 spiro atoms. The Balaban J connectivity index is 1.73. The first-order chi connectivity index (χ1) is 12.5. The fraction of sp³-hybridized carbons (Fsp3) is 0.294. The average Bonchev–Trinajstić information content (AvgIpc) is 3.21. The number of aromatic nitrogens is 5. The molecule has 3 rings (SSSR count). The SMILES string of the molecule is COc1ccc(C(=O)CSc2nnc(-c3cn(C)nc3OC)n2C)cc1. The number of ketones is 1. The van der Waals surface area contributed by atoms with Crippen LogP contribution in [0.1, 0.15) is 10.4 Å². The van der Waals surface area contributed by atoms with Gasteiger partial charge in [-0.25, -0.2) is 0 Å². The van der Waals surface area contributed by atoms with Crippen molar-refractivity contribution in [2.75, 3.05) is 20.0 Å². The zero-order chi connectivity index (χ0) is 18.7. The van der Waals surface area contributed by atoms with Gasteiger partial charge in [0.15, 0.2) is 16.8 Å². The minimum atomic E-state index is 0.0150. The van der Waals surface area contributed by atoms with Gasteiger partial charge >= 0.3 is 0 Å². The van der Waals surface area contributed by atoms with Gasteiger partial charge in [-0.15, -0.1) is 15.3 Å². The smallest absolute Gasteiger partial charge is 0.243 e. The number of thioether (sulfide) groups is 1. The molecule has 0 amide bonds. The van der Waals surface area contributed by atoms with E-state index in [0.29, 0.717) is 22.4 Å². The minimum Gasteiger partial charge on any atom is -0.497 e. The van der Waals surface area contributed by atoms with E-state index in [9.17, 15) is 4.79 Å². The van der Waals surface area contributed by atoms with Gasteiger partial charge in [-0.1, -0.05) is 11.8 Å². The Bertz CT molecular complexity index is 917. The second kappa shape index (κ2) is 7.61. The Morgan fingerprint density at radius 3 is 2.50 bits per heavy atom. The maximum absolute atomic E-state index is 12.4. The summed E-state index contributed by atoms with van der Waals surface area (Å²) in [5.74, 6) is 2.12. The van der Waals surface area contributed by atoms with E-state index in [0.717, 1.165) is 11.3 Å². The Kier molecular flexibility index (Phi) is 5.27. The van der Waals surface area contributed by atoms with E-state index in [4.69, 9.17) is 9.47 Å². The molecule has 0 saturated carbocycles. The lowest BCUT2D eigenvalue weighted by Crippen LogP contribution is -2.04. The molecule has 0 aliphatic heterocycles. The average molecular weight is 373 g/mol. The second-order valence-corrected chi connectivity index (χ2v) is 6.47. The number of nitrogens with zero attached hydrogens (tertiary/aromatic N) is 5. The van der Waals surface area contributed by atoms with E-state index in [1.165, 1.54) is 11.8 Å². The fourth-order valence-corrected chi connectivity index (χ4v) is 3.24. The van der Waals surface area contributed by atoms with E-state index >= 15 is 0 Å². The molecule has 0 radical (unpaired) electrons. The van der Waals surface area contributed by atoms with Crippen LogP contribution >= 0.6 is 11.8 Å². The van der Waals surface area contributed by atoms with E-state index in [1.54, 1.807) is 43.2 Å². The number of aryl methyl sites for hydroxylation is 1. The predicted molar refractivity (Wildman–Crippen MR) is 97.8 cm³/mol. The molecule has 2 heterocycles. The lowest BCUT2D eigenvalue weighted by atomic mass is 10.1. The number of carbonyl (C=O) groups is 1. The van der Waals surface area contributed by atoms with Gasteiger partial charge in [0, 0.05) is 25.9 Å². The van der Waals surface area contributed by atoms with Gasteiger partial charge in [0.1, 0.15) is 11.3 Å². The van der Waals surface area contributed by atoms with Crippen LogP contribution < -0.4 is 9.47 Å². The van der Waals surface area contributed by atoms with Crippen molar-refractivity contribution in [2.24, 2.45) is 14.1 Å². The van der Waals surface area contributed by atoms with E-state index in [1.807, 2.05) is 24.9 Å². The van der Waals surface area contributed by atoms with Crippen LogP contribution in [0, 0.1) is 0 Å². The third-order valence-electron chi connectivity index (χ3n) is 3.81. The molecule has 0 aliphatic carbocycles. The molecule has 0 atom stereocenters. The van der Waals surface area contributed by atoms with Crippen molar-refractivity contribution < 1.29 is 14.3 Å². The quantitative estimate of drug-likeness (QED) is 0.464. The van der Waals surface area contributed by atoms with Gasteiger partial charge in [-0.05, 0) is 24.3 Å². The van der Waals surface area contributed by atoms with Gasteiger partial charge in [0.2, 0.25) is 5.88 Å². The molecule has 26 heavy (non-hydrogen) atoms. The molecule has 2 aromatic heterocycles. The summed E-state index contributed by atoms with van der Waals surface area (Å²) < 4.78 is 13.9. The minimum absolute atomic E-state index is 0.0150. The molecule has 0 saturated heterocycles. The molecule has 8 nitrogen and oxygen atoms in total. The fourth-order valence-electron chi connectivity index (χ4n) is 2.44. The van der Waals surface area contributed by atoms with Crippen molar-refractivity contribution in [3.8, 4) is 23.0 Å². The number of methoxy groups -OCH3 is 2. The summed E-state index contributed by atoms with van der Waals surface area (Å²) in [5.41, 5.74) is 1.38. The zero-order valence-electron chi connectivity index (χ0n) is 15.0. The number of hydrogen-bond acceptors (Lipinski definition) is 7. The number of hydrogen-bond donors (Lipinski definition) is 0. The molecule has 9 heteroatoms. The molecule has 0 bridgehead atoms. The Labute approximate surface area is 155 Å². The summed E-state index contributed by atoms with van der Waals surface area (Å²) in [6.45, 7) is 0. The Morgan fingerprint density at radius 1 is 1.12 bits per heavy atom. The van der Waals surface area contributed by atoms with E-state index in [-0.39, 0.29) is 11.5 Å². The van der Waals surface area contributed by atoms with Crippen LogP contribution in [0.5, 0.6) is 11.6 Å². The Hall–Kier alpha value is -2.81. The number of ether oxygens (including phenoxy) is 2. The highest BCUT2D eigenvalue weighted by molar-refractivity contribution is 7.99. The molecule has 0 N–H and O–H groups in total. The standard InChI is InChI=1S/C17H19N5O3S/c1-21-9-13(16(20-21)25-4)15-18-19-17(22(15)2)26-10-14(23)11-5-7-12(24-3)8-6-11/h5-9H,10H2,1-4H3. The topological polar surface area (TPSA) is 84.1 Å². The van der Waals surface area contributed by atoms with Crippen molar-refractivity contribution in [2.45, 2.75) is 5.16 Å². The van der Waals surface area contributed by atoms with Gasteiger partial charge in [-0.2, -0.15) is 0 Å².